The molecule has 0 bridgehead atoms. The van der Waals surface area contributed by atoms with Crippen LogP contribution in [0.1, 0.15) is 37.1 Å². The molecule has 0 heterocycles. The summed E-state index contributed by atoms with van der Waals surface area (Å²) in [6, 6.07) is 30.9. The van der Waals surface area contributed by atoms with Crippen LogP contribution in [0.25, 0.3) is 0 Å². The maximum Gasteiger partial charge on any atom is 0.339 e. The van der Waals surface area contributed by atoms with E-state index in [2.05, 4.69) is 10.6 Å². The first-order valence-electron chi connectivity index (χ1n) is 11.6. The Labute approximate surface area is 220 Å². The molecule has 0 saturated carbocycles. The normalized spacial score (nSPS) is 11.3. The molecule has 2 N–H and O–H groups in total. The molecule has 0 aromatic heterocycles. The van der Waals surface area contributed by atoms with E-state index in [-0.39, 0.29) is 17.4 Å². The first-order valence-corrected chi connectivity index (χ1v) is 12.5. The number of nitrogens with one attached hydrogen (secondary N) is 2. The molecule has 4 aromatic rings. The number of carbonyl (C=O) groups is 3. The molecule has 0 radical (unpaired) electrons. The van der Waals surface area contributed by atoms with Crippen LogP contribution in [0.4, 0.5) is 11.4 Å². The van der Waals surface area contributed by atoms with Crippen molar-refractivity contribution < 1.29 is 19.1 Å². The third-order valence-corrected chi connectivity index (χ3v) is 6.88. The van der Waals surface area contributed by atoms with Crippen LogP contribution in [0, 0.1) is 6.92 Å². The lowest BCUT2D eigenvalue weighted by Gasteiger charge is -2.18. The Morgan fingerprint density at radius 3 is 2.08 bits per heavy atom. The maximum atomic E-state index is 13.4. The first kappa shape index (κ1) is 25.7. The molecule has 0 fully saturated rings. The number of hydrogen-bond donors (Lipinski definition) is 2. The third kappa shape index (κ3) is 6.65. The molecule has 0 aliphatic heterocycles. The Kier molecular flexibility index (Phi) is 8.38. The van der Waals surface area contributed by atoms with Gasteiger partial charge in [-0.05, 0) is 61.0 Å². The van der Waals surface area contributed by atoms with Crippen LogP contribution in [0.2, 0.25) is 0 Å². The lowest BCUT2D eigenvalue weighted by Crippen LogP contribution is -2.20. The highest BCUT2D eigenvalue weighted by Gasteiger charge is 2.24. The molecule has 0 aliphatic carbocycles. The number of methoxy groups -OCH3 is 1. The van der Waals surface area contributed by atoms with Gasteiger partial charge in [-0.2, -0.15) is 0 Å². The zero-order valence-corrected chi connectivity index (χ0v) is 21.3. The zero-order valence-electron chi connectivity index (χ0n) is 20.4. The number of esters is 1. The Balaban J connectivity index is 1.51. The molecular formula is C30H26N2O4S. The second-order valence-corrected chi connectivity index (χ2v) is 9.46. The van der Waals surface area contributed by atoms with Crippen LogP contribution in [0.15, 0.2) is 108 Å². The van der Waals surface area contributed by atoms with Crippen LogP contribution < -0.4 is 10.6 Å². The SMILES string of the molecule is COC(=O)c1ccccc1NC(=O)C(Sc1ccc(NC(=O)c2ccc(C)cc2)cc1)c1ccccc1. The van der Waals surface area contributed by atoms with Gasteiger partial charge in [0.1, 0.15) is 5.25 Å². The van der Waals surface area contributed by atoms with Gasteiger partial charge in [-0.3, -0.25) is 9.59 Å². The van der Waals surface area contributed by atoms with E-state index >= 15 is 0 Å². The molecule has 186 valence electrons. The van der Waals surface area contributed by atoms with Gasteiger partial charge in [-0.1, -0.05) is 60.2 Å². The number of ether oxygens (including phenoxy) is 1. The predicted octanol–water partition coefficient (Wildman–Crippen LogP) is 6.51. The Morgan fingerprint density at radius 1 is 0.757 bits per heavy atom. The van der Waals surface area contributed by atoms with E-state index in [0.717, 1.165) is 16.0 Å². The fraction of sp³-hybridized carbons (Fsp3) is 0.100. The van der Waals surface area contributed by atoms with Gasteiger partial charge in [0.25, 0.3) is 5.91 Å². The number of para-hydroxylation sites is 1. The highest BCUT2D eigenvalue weighted by Crippen LogP contribution is 2.37. The van der Waals surface area contributed by atoms with Crippen LogP contribution in [0.3, 0.4) is 0 Å². The van der Waals surface area contributed by atoms with Gasteiger partial charge < -0.3 is 15.4 Å². The van der Waals surface area contributed by atoms with Crippen molar-refractivity contribution in [2.24, 2.45) is 0 Å². The standard InChI is InChI=1S/C30H26N2O4S/c1-20-12-14-22(15-13-20)28(33)31-23-16-18-24(19-17-23)37-27(21-8-4-3-5-9-21)29(34)32-26-11-7-6-10-25(26)30(35)36-2/h3-19,27H,1-2H3,(H,31,33)(H,32,34). The van der Waals surface area contributed by atoms with E-state index < -0.39 is 11.2 Å². The predicted molar refractivity (Wildman–Crippen MR) is 147 cm³/mol. The average Bonchev–Trinajstić information content (AvgIpc) is 2.93. The number of hydrogen-bond acceptors (Lipinski definition) is 5. The maximum absolute atomic E-state index is 13.4. The highest BCUT2D eigenvalue weighted by atomic mass is 32.2. The van der Waals surface area contributed by atoms with Gasteiger partial charge >= 0.3 is 5.97 Å². The summed E-state index contributed by atoms with van der Waals surface area (Å²) in [6.07, 6.45) is 0. The smallest absolute Gasteiger partial charge is 0.339 e. The second kappa shape index (κ2) is 12.1. The lowest BCUT2D eigenvalue weighted by molar-refractivity contribution is -0.115. The number of carbonyl (C=O) groups excluding carboxylic acids is 3. The van der Waals surface area contributed by atoms with E-state index in [1.54, 1.807) is 48.5 Å². The molecule has 6 nitrogen and oxygen atoms in total. The molecule has 7 heteroatoms. The summed E-state index contributed by atoms with van der Waals surface area (Å²) in [5.41, 5.74) is 3.81. The first-order chi connectivity index (χ1) is 17.9. The van der Waals surface area contributed by atoms with Gasteiger partial charge in [-0.25, -0.2) is 4.79 Å². The van der Waals surface area contributed by atoms with E-state index in [1.165, 1.54) is 18.9 Å². The molecule has 0 spiro atoms. The zero-order chi connectivity index (χ0) is 26.2. The van der Waals surface area contributed by atoms with Gasteiger partial charge in [0.2, 0.25) is 5.91 Å². The molecule has 1 unspecified atom stereocenters. The Morgan fingerprint density at radius 2 is 1.41 bits per heavy atom. The summed E-state index contributed by atoms with van der Waals surface area (Å²) in [6.45, 7) is 1.97. The van der Waals surface area contributed by atoms with Crippen LogP contribution in [-0.2, 0) is 9.53 Å². The number of anilines is 2. The monoisotopic (exact) mass is 510 g/mol. The molecule has 2 amide bonds. The topological polar surface area (TPSA) is 84.5 Å². The minimum Gasteiger partial charge on any atom is -0.465 e. The number of thioether (sulfide) groups is 1. The van der Waals surface area contributed by atoms with Crippen molar-refractivity contribution in [1.82, 2.24) is 0 Å². The molecule has 4 aromatic carbocycles. The molecule has 0 aliphatic rings. The van der Waals surface area contributed by atoms with Crippen LogP contribution in [-0.4, -0.2) is 24.9 Å². The summed E-state index contributed by atoms with van der Waals surface area (Å²) >= 11 is 1.37. The summed E-state index contributed by atoms with van der Waals surface area (Å²) < 4.78 is 4.85. The minimum absolute atomic E-state index is 0.189. The van der Waals surface area contributed by atoms with Crippen molar-refractivity contribution in [3.8, 4) is 0 Å². The van der Waals surface area contributed by atoms with E-state index in [0.29, 0.717) is 16.9 Å². The molecule has 4 rings (SSSR count). The summed E-state index contributed by atoms with van der Waals surface area (Å²) in [4.78, 5) is 39.0. The molecular weight excluding hydrogens is 484 g/mol. The quantitative estimate of drug-likeness (QED) is 0.209. The fourth-order valence-electron chi connectivity index (χ4n) is 3.64. The number of amides is 2. The molecule has 1 atom stereocenters. The van der Waals surface area contributed by atoms with Crippen LogP contribution >= 0.6 is 11.8 Å². The van der Waals surface area contributed by atoms with Gasteiger partial charge in [-0.15, -0.1) is 11.8 Å². The number of benzene rings is 4. The average molecular weight is 511 g/mol. The Hall–Kier alpha value is -4.36. The van der Waals surface area contributed by atoms with Gasteiger partial charge in [0.15, 0.2) is 0 Å². The summed E-state index contributed by atoms with van der Waals surface area (Å²) in [7, 11) is 1.30. The van der Waals surface area contributed by atoms with Crippen molar-refractivity contribution in [2.75, 3.05) is 17.7 Å². The van der Waals surface area contributed by atoms with E-state index in [9.17, 15) is 14.4 Å². The largest absolute Gasteiger partial charge is 0.465 e. The number of rotatable bonds is 8. The highest BCUT2D eigenvalue weighted by molar-refractivity contribution is 8.00. The van der Waals surface area contributed by atoms with Crippen molar-refractivity contribution in [2.45, 2.75) is 17.1 Å². The van der Waals surface area contributed by atoms with Crippen molar-refractivity contribution in [1.29, 1.82) is 0 Å². The van der Waals surface area contributed by atoms with E-state index in [1.807, 2.05) is 61.5 Å². The summed E-state index contributed by atoms with van der Waals surface area (Å²) in [5.74, 6) is -0.987. The van der Waals surface area contributed by atoms with Crippen molar-refractivity contribution in [3.63, 3.8) is 0 Å². The van der Waals surface area contributed by atoms with Crippen molar-refractivity contribution in [3.05, 3.63) is 125 Å². The van der Waals surface area contributed by atoms with Gasteiger partial charge in [0, 0.05) is 16.1 Å². The van der Waals surface area contributed by atoms with E-state index in [4.69, 9.17) is 4.74 Å². The van der Waals surface area contributed by atoms with Crippen LogP contribution in [0.5, 0.6) is 0 Å². The number of aryl methyl sites for hydroxylation is 1. The molecule has 37 heavy (non-hydrogen) atoms. The minimum atomic E-state index is -0.583. The fourth-order valence-corrected chi connectivity index (χ4v) is 4.66. The van der Waals surface area contributed by atoms with Gasteiger partial charge in [0.05, 0.1) is 18.4 Å². The lowest BCUT2D eigenvalue weighted by atomic mass is 10.1. The second-order valence-electron chi connectivity index (χ2n) is 8.28. The third-order valence-electron chi connectivity index (χ3n) is 5.61. The summed E-state index contributed by atoms with van der Waals surface area (Å²) in [5, 5.41) is 5.20. The Bertz CT molecular complexity index is 1390. The van der Waals surface area contributed by atoms with Crippen molar-refractivity contribution >= 4 is 40.9 Å². The molecule has 0 saturated heterocycles.